The quantitative estimate of drug-likeness (QED) is 0.841. The van der Waals surface area contributed by atoms with Gasteiger partial charge in [0, 0.05) is 11.7 Å². The summed E-state index contributed by atoms with van der Waals surface area (Å²) in [4.78, 5) is 11.8. The van der Waals surface area contributed by atoms with E-state index < -0.39 is 0 Å². The number of nitrogens with one attached hydrogen (secondary N) is 1. The van der Waals surface area contributed by atoms with Crippen LogP contribution in [0.3, 0.4) is 0 Å². The summed E-state index contributed by atoms with van der Waals surface area (Å²) in [6.07, 6.45) is 0.971. The van der Waals surface area contributed by atoms with E-state index in [0.717, 1.165) is 12.1 Å². The topological polar surface area (TPSA) is 55.1 Å². The Hall–Kier alpha value is -1.35. The number of nitrogens with two attached hydrogens (primary N) is 1. The Kier molecular flexibility index (Phi) is 4.70. The van der Waals surface area contributed by atoms with Gasteiger partial charge >= 0.3 is 0 Å². The van der Waals surface area contributed by atoms with E-state index in [1.807, 2.05) is 32.0 Å². The third-order valence-corrected chi connectivity index (χ3v) is 3.20. The predicted molar refractivity (Wildman–Crippen MR) is 72.0 cm³/mol. The van der Waals surface area contributed by atoms with E-state index in [1.165, 1.54) is 11.1 Å². The molecule has 0 aliphatic rings. The van der Waals surface area contributed by atoms with Crippen molar-refractivity contribution in [3.63, 3.8) is 0 Å². The van der Waals surface area contributed by atoms with E-state index in [0.29, 0.717) is 0 Å². The minimum absolute atomic E-state index is 0.0223. The largest absolute Gasteiger partial charge is 0.327 e. The highest BCUT2D eigenvalue weighted by molar-refractivity contribution is 5.92. The number of amides is 1. The van der Waals surface area contributed by atoms with Crippen LogP contribution in [-0.2, 0) is 11.2 Å². The highest BCUT2D eigenvalue weighted by atomic mass is 16.1. The zero-order chi connectivity index (χ0) is 13.0. The fraction of sp³-hybridized carbons (Fsp3) is 0.500. The van der Waals surface area contributed by atoms with E-state index in [2.05, 4.69) is 19.2 Å². The molecule has 0 bridgehead atoms. The highest BCUT2D eigenvalue weighted by Crippen LogP contribution is 2.16. The molecule has 1 aromatic rings. The lowest BCUT2D eigenvalue weighted by atomic mass is 10.0. The second-order valence-corrected chi connectivity index (χ2v) is 4.63. The van der Waals surface area contributed by atoms with Crippen molar-refractivity contribution >= 4 is 11.6 Å². The molecule has 2 unspecified atom stereocenters. The maximum Gasteiger partial charge on any atom is 0.228 e. The maximum absolute atomic E-state index is 11.8. The molecule has 1 aromatic carbocycles. The molecule has 0 saturated heterocycles. The van der Waals surface area contributed by atoms with Gasteiger partial charge in [-0.15, -0.1) is 0 Å². The van der Waals surface area contributed by atoms with Gasteiger partial charge in [0.05, 0.1) is 5.92 Å². The Morgan fingerprint density at radius 2 is 2.06 bits per heavy atom. The zero-order valence-electron chi connectivity index (χ0n) is 11.1. The van der Waals surface area contributed by atoms with Gasteiger partial charge in [-0.25, -0.2) is 0 Å². The molecular weight excluding hydrogens is 212 g/mol. The summed E-state index contributed by atoms with van der Waals surface area (Å²) >= 11 is 0. The molecule has 2 atom stereocenters. The van der Waals surface area contributed by atoms with Gasteiger partial charge in [-0.05, 0) is 43.5 Å². The second kappa shape index (κ2) is 5.82. The first-order valence-corrected chi connectivity index (χ1v) is 6.11. The molecular formula is C14H22N2O. The van der Waals surface area contributed by atoms with Gasteiger partial charge in [0.2, 0.25) is 5.91 Å². The van der Waals surface area contributed by atoms with E-state index in [9.17, 15) is 4.79 Å². The van der Waals surface area contributed by atoms with Crippen LogP contribution in [0.25, 0.3) is 0 Å². The van der Waals surface area contributed by atoms with Gasteiger partial charge in [0.1, 0.15) is 0 Å². The number of carbonyl (C=O) groups excluding carboxylic acids is 1. The lowest BCUT2D eigenvalue weighted by Crippen LogP contribution is -2.34. The first-order chi connectivity index (χ1) is 7.95. The summed E-state index contributed by atoms with van der Waals surface area (Å²) in [6.45, 7) is 7.87. The molecule has 0 aliphatic carbocycles. The molecule has 0 fully saturated rings. The van der Waals surface area contributed by atoms with E-state index in [4.69, 9.17) is 5.73 Å². The summed E-state index contributed by atoms with van der Waals surface area (Å²) in [5.74, 6) is -0.202. The highest BCUT2D eigenvalue weighted by Gasteiger charge is 2.17. The van der Waals surface area contributed by atoms with Crippen molar-refractivity contribution in [2.24, 2.45) is 11.7 Å². The summed E-state index contributed by atoms with van der Waals surface area (Å²) in [7, 11) is 0. The number of benzene rings is 1. The minimum Gasteiger partial charge on any atom is -0.327 e. The number of carbonyl (C=O) groups is 1. The number of rotatable bonds is 4. The Morgan fingerprint density at radius 1 is 1.41 bits per heavy atom. The third-order valence-electron chi connectivity index (χ3n) is 3.20. The standard InChI is InChI=1S/C14H22N2O/c1-5-12-8-13(7-6-9(12)2)16-14(17)10(3)11(4)15/h6-8,10-11H,5,15H2,1-4H3,(H,16,17). The zero-order valence-corrected chi connectivity index (χ0v) is 11.1. The molecule has 17 heavy (non-hydrogen) atoms. The van der Waals surface area contributed by atoms with Gasteiger partial charge in [0.15, 0.2) is 0 Å². The lowest BCUT2D eigenvalue weighted by Gasteiger charge is -2.16. The van der Waals surface area contributed by atoms with Crippen molar-refractivity contribution < 1.29 is 4.79 Å². The second-order valence-electron chi connectivity index (χ2n) is 4.63. The van der Waals surface area contributed by atoms with E-state index >= 15 is 0 Å². The predicted octanol–water partition coefficient (Wildman–Crippen LogP) is 2.48. The monoisotopic (exact) mass is 234 g/mol. The molecule has 3 nitrogen and oxygen atoms in total. The van der Waals surface area contributed by atoms with Crippen LogP contribution in [0, 0.1) is 12.8 Å². The van der Waals surface area contributed by atoms with Gasteiger partial charge in [-0.3, -0.25) is 4.79 Å². The van der Waals surface area contributed by atoms with Crippen LogP contribution in [-0.4, -0.2) is 11.9 Å². The summed E-state index contributed by atoms with van der Waals surface area (Å²) in [6, 6.07) is 5.86. The average Bonchev–Trinajstić information content (AvgIpc) is 2.30. The number of hydrogen-bond donors (Lipinski definition) is 2. The van der Waals surface area contributed by atoms with Gasteiger partial charge in [0.25, 0.3) is 0 Å². The Labute approximate surface area is 103 Å². The number of hydrogen-bond acceptors (Lipinski definition) is 2. The van der Waals surface area contributed by atoms with Crippen LogP contribution in [0.1, 0.15) is 31.9 Å². The van der Waals surface area contributed by atoms with Crippen LogP contribution < -0.4 is 11.1 Å². The molecule has 0 aliphatic heterocycles. The first-order valence-electron chi connectivity index (χ1n) is 6.11. The van der Waals surface area contributed by atoms with Crippen molar-refractivity contribution in [3.8, 4) is 0 Å². The van der Waals surface area contributed by atoms with Gasteiger partial charge in [-0.2, -0.15) is 0 Å². The molecule has 94 valence electrons. The Balaban J connectivity index is 2.78. The lowest BCUT2D eigenvalue weighted by molar-refractivity contribution is -0.119. The first kappa shape index (κ1) is 13.7. The molecule has 3 N–H and O–H groups in total. The number of aryl methyl sites for hydroxylation is 2. The van der Waals surface area contributed by atoms with Crippen LogP contribution >= 0.6 is 0 Å². The van der Waals surface area contributed by atoms with E-state index in [1.54, 1.807) is 0 Å². The van der Waals surface area contributed by atoms with Crippen LogP contribution in [0.5, 0.6) is 0 Å². The molecule has 0 radical (unpaired) electrons. The van der Waals surface area contributed by atoms with Crippen LogP contribution in [0.15, 0.2) is 18.2 Å². The van der Waals surface area contributed by atoms with Crippen molar-refractivity contribution in [2.45, 2.75) is 40.2 Å². The van der Waals surface area contributed by atoms with Gasteiger partial charge in [-0.1, -0.05) is 19.9 Å². The third kappa shape index (κ3) is 3.56. The smallest absolute Gasteiger partial charge is 0.228 e. The fourth-order valence-electron chi connectivity index (χ4n) is 1.62. The molecule has 1 amide bonds. The molecule has 0 saturated carbocycles. The molecule has 0 heterocycles. The minimum atomic E-state index is -0.179. The summed E-state index contributed by atoms with van der Waals surface area (Å²) in [5.41, 5.74) is 9.08. The van der Waals surface area contributed by atoms with Crippen molar-refractivity contribution in [1.82, 2.24) is 0 Å². The van der Waals surface area contributed by atoms with Gasteiger partial charge < -0.3 is 11.1 Å². The van der Waals surface area contributed by atoms with E-state index in [-0.39, 0.29) is 17.9 Å². The Morgan fingerprint density at radius 3 is 2.59 bits per heavy atom. The molecule has 0 aromatic heterocycles. The molecule has 3 heteroatoms. The normalized spacial score (nSPS) is 14.2. The number of anilines is 1. The van der Waals surface area contributed by atoms with Crippen LogP contribution in [0.2, 0.25) is 0 Å². The average molecular weight is 234 g/mol. The SMILES string of the molecule is CCc1cc(NC(=O)C(C)C(C)N)ccc1C. The van der Waals surface area contributed by atoms with Crippen molar-refractivity contribution in [3.05, 3.63) is 29.3 Å². The summed E-state index contributed by atoms with van der Waals surface area (Å²) in [5, 5.41) is 2.91. The molecule has 0 spiro atoms. The maximum atomic E-state index is 11.8. The van der Waals surface area contributed by atoms with Crippen molar-refractivity contribution in [1.29, 1.82) is 0 Å². The Bertz CT molecular complexity index is 399. The van der Waals surface area contributed by atoms with Crippen molar-refractivity contribution in [2.75, 3.05) is 5.32 Å². The van der Waals surface area contributed by atoms with Crippen LogP contribution in [0.4, 0.5) is 5.69 Å². The molecule has 1 rings (SSSR count). The summed E-state index contributed by atoms with van der Waals surface area (Å²) < 4.78 is 0. The fourth-order valence-corrected chi connectivity index (χ4v) is 1.62.